The Morgan fingerprint density at radius 1 is 1.33 bits per heavy atom. The van der Waals surface area contributed by atoms with E-state index in [9.17, 15) is 8.42 Å². The number of rotatable bonds is 7. The van der Waals surface area contributed by atoms with Gasteiger partial charge in [0, 0.05) is 19.7 Å². The lowest BCUT2D eigenvalue weighted by atomic mass is 10.4. The molecule has 0 aliphatic heterocycles. The summed E-state index contributed by atoms with van der Waals surface area (Å²) < 4.78 is 31.6. The second-order valence-corrected chi connectivity index (χ2v) is 5.83. The molecule has 0 aliphatic rings. The van der Waals surface area contributed by atoms with Crippen molar-refractivity contribution in [3.8, 4) is 0 Å². The second-order valence-electron chi connectivity index (χ2n) is 3.96. The molecule has 1 N–H and O–H groups in total. The number of hydrogen-bond donors (Lipinski definition) is 1. The summed E-state index contributed by atoms with van der Waals surface area (Å²) in [6.07, 6.45) is 0. The Morgan fingerprint density at radius 2 is 2.00 bits per heavy atom. The van der Waals surface area contributed by atoms with Crippen LogP contribution in [0.2, 0.25) is 0 Å². The van der Waals surface area contributed by atoms with E-state index >= 15 is 0 Å². The molecule has 0 atom stereocenters. The van der Waals surface area contributed by atoms with E-state index in [-0.39, 0.29) is 4.90 Å². The van der Waals surface area contributed by atoms with E-state index in [2.05, 4.69) is 10.2 Å². The van der Waals surface area contributed by atoms with Crippen LogP contribution < -0.4 is 0 Å². The third kappa shape index (κ3) is 3.09. The highest BCUT2D eigenvalue weighted by Crippen LogP contribution is 2.21. The van der Waals surface area contributed by atoms with Crippen LogP contribution in [0.3, 0.4) is 0 Å². The van der Waals surface area contributed by atoms with Gasteiger partial charge in [-0.25, -0.2) is 8.42 Å². The molecule has 104 valence electrons. The Kier molecular flexibility index (Phi) is 5.30. The summed E-state index contributed by atoms with van der Waals surface area (Å²) >= 11 is 0. The predicted octanol–water partition coefficient (Wildman–Crippen LogP) is 1.07. The molecule has 0 amide bonds. The maximum atomic E-state index is 12.5. The summed E-state index contributed by atoms with van der Waals surface area (Å²) in [4.78, 5) is 0.279. The van der Waals surface area contributed by atoms with Gasteiger partial charge >= 0.3 is 0 Å². The summed E-state index contributed by atoms with van der Waals surface area (Å²) in [6, 6.07) is 0. The number of nitrogens with zero attached hydrogens (tertiary/aromatic N) is 2. The number of hydrogen-bond acceptors (Lipinski definition) is 4. The van der Waals surface area contributed by atoms with Crippen LogP contribution in [0.15, 0.2) is 4.90 Å². The van der Waals surface area contributed by atoms with Gasteiger partial charge in [0.15, 0.2) is 0 Å². The van der Waals surface area contributed by atoms with Crippen LogP contribution in [0.1, 0.15) is 25.2 Å². The highest BCUT2D eigenvalue weighted by Gasteiger charge is 2.28. The molecule has 0 bridgehead atoms. The van der Waals surface area contributed by atoms with E-state index in [4.69, 9.17) is 4.74 Å². The van der Waals surface area contributed by atoms with Crippen molar-refractivity contribution in [3.63, 3.8) is 0 Å². The number of aryl methyl sites for hydroxylation is 2. The molecule has 0 aliphatic carbocycles. The lowest BCUT2D eigenvalue weighted by Crippen LogP contribution is -2.34. The van der Waals surface area contributed by atoms with Crippen LogP contribution in [0.25, 0.3) is 0 Å². The van der Waals surface area contributed by atoms with E-state index in [1.807, 2.05) is 13.8 Å². The molecule has 0 saturated heterocycles. The second kappa shape index (κ2) is 6.31. The van der Waals surface area contributed by atoms with Gasteiger partial charge in [-0.05, 0) is 20.8 Å². The van der Waals surface area contributed by atoms with Crippen LogP contribution >= 0.6 is 0 Å². The zero-order valence-electron chi connectivity index (χ0n) is 11.4. The third-order valence-electron chi connectivity index (χ3n) is 2.70. The smallest absolute Gasteiger partial charge is 0.246 e. The molecular weight excluding hydrogens is 254 g/mol. The van der Waals surface area contributed by atoms with Crippen LogP contribution in [0, 0.1) is 13.8 Å². The first-order valence-electron chi connectivity index (χ1n) is 6.04. The summed E-state index contributed by atoms with van der Waals surface area (Å²) in [6.45, 7) is 8.86. The maximum absolute atomic E-state index is 12.5. The lowest BCUT2D eigenvalue weighted by molar-refractivity contribution is 0.135. The molecule has 1 aromatic heterocycles. The van der Waals surface area contributed by atoms with Crippen molar-refractivity contribution in [2.24, 2.45) is 0 Å². The molecule has 7 heteroatoms. The van der Waals surface area contributed by atoms with Gasteiger partial charge in [-0.15, -0.1) is 0 Å². The molecule has 0 aromatic carbocycles. The zero-order chi connectivity index (χ0) is 13.8. The Bertz CT molecular complexity index is 462. The van der Waals surface area contributed by atoms with Crippen molar-refractivity contribution in [3.05, 3.63) is 11.4 Å². The van der Waals surface area contributed by atoms with E-state index in [0.717, 1.165) is 0 Å². The van der Waals surface area contributed by atoms with E-state index < -0.39 is 10.0 Å². The Balaban J connectivity index is 2.97. The fourth-order valence-electron chi connectivity index (χ4n) is 1.81. The molecule has 0 spiro atoms. The van der Waals surface area contributed by atoms with Crippen molar-refractivity contribution in [2.75, 3.05) is 26.3 Å². The molecule has 1 rings (SSSR count). The Hall–Kier alpha value is -0.920. The summed E-state index contributed by atoms with van der Waals surface area (Å²) in [7, 11) is -3.49. The molecule has 1 heterocycles. The van der Waals surface area contributed by atoms with Gasteiger partial charge in [-0.1, -0.05) is 6.92 Å². The predicted molar refractivity (Wildman–Crippen MR) is 69.0 cm³/mol. The SMILES string of the molecule is CCOCCN(CC)S(=O)(=O)c1c(C)n[nH]c1C. The number of nitrogens with one attached hydrogen (secondary N) is 1. The topological polar surface area (TPSA) is 75.3 Å². The van der Waals surface area contributed by atoms with Crippen molar-refractivity contribution >= 4 is 10.0 Å². The van der Waals surface area contributed by atoms with E-state index in [1.54, 1.807) is 13.8 Å². The number of aromatic nitrogens is 2. The minimum atomic E-state index is -3.49. The number of likely N-dealkylation sites (N-methyl/N-ethyl adjacent to an activating group) is 1. The lowest BCUT2D eigenvalue weighted by Gasteiger charge is -2.20. The Labute approximate surface area is 108 Å². The van der Waals surface area contributed by atoms with Gasteiger partial charge in [-0.2, -0.15) is 9.40 Å². The van der Waals surface area contributed by atoms with Gasteiger partial charge in [0.05, 0.1) is 18.0 Å². The van der Waals surface area contributed by atoms with Crippen LogP contribution in [0.4, 0.5) is 0 Å². The highest BCUT2D eigenvalue weighted by molar-refractivity contribution is 7.89. The van der Waals surface area contributed by atoms with E-state index in [1.165, 1.54) is 4.31 Å². The molecule has 18 heavy (non-hydrogen) atoms. The third-order valence-corrected chi connectivity index (χ3v) is 4.94. The van der Waals surface area contributed by atoms with Gasteiger partial charge in [0.25, 0.3) is 0 Å². The van der Waals surface area contributed by atoms with Crippen molar-refractivity contribution in [1.82, 2.24) is 14.5 Å². The number of ether oxygens (including phenoxy) is 1. The Morgan fingerprint density at radius 3 is 2.44 bits per heavy atom. The first-order chi connectivity index (χ1) is 8.45. The minimum absolute atomic E-state index is 0.279. The molecule has 0 unspecified atom stereocenters. The zero-order valence-corrected chi connectivity index (χ0v) is 12.2. The molecule has 0 radical (unpaired) electrons. The molecule has 0 fully saturated rings. The van der Waals surface area contributed by atoms with Crippen molar-refractivity contribution in [1.29, 1.82) is 0 Å². The summed E-state index contributed by atoms with van der Waals surface area (Å²) in [5.41, 5.74) is 1.07. The van der Waals surface area contributed by atoms with Crippen LogP contribution in [0.5, 0.6) is 0 Å². The van der Waals surface area contributed by atoms with E-state index in [0.29, 0.717) is 37.7 Å². The van der Waals surface area contributed by atoms with Gasteiger partial charge in [0.1, 0.15) is 4.90 Å². The van der Waals surface area contributed by atoms with Crippen LogP contribution in [-0.4, -0.2) is 49.2 Å². The number of H-pyrrole nitrogens is 1. The fraction of sp³-hybridized carbons (Fsp3) is 0.727. The number of sulfonamides is 1. The fourth-order valence-corrected chi connectivity index (χ4v) is 3.57. The normalized spacial score (nSPS) is 12.3. The minimum Gasteiger partial charge on any atom is -0.380 e. The molecule has 1 aromatic rings. The average molecular weight is 275 g/mol. The molecule has 0 saturated carbocycles. The molecule has 6 nitrogen and oxygen atoms in total. The maximum Gasteiger partial charge on any atom is 0.246 e. The first kappa shape index (κ1) is 15.1. The van der Waals surface area contributed by atoms with Gasteiger partial charge < -0.3 is 4.74 Å². The van der Waals surface area contributed by atoms with Gasteiger partial charge in [0.2, 0.25) is 10.0 Å². The quantitative estimate of drug-likeness (QED) is 0.755. The van der Waals surface area contributed by atoms with Crippen LogP contribution in [-0.2, 0) is 14.8 Å². The highest BCUT2D eigenvalue weighted by atomic mass is 32.2. The van der Waals surface area contributed by atoms with Gasteiger partial charge in [-0.3, -0.25) is 5.10 Å². The van der Waals surface area contributed by atoms with Crippen molar-refractivity contribution in [2.45, 2.75) is 32.6 Å². The summed E-state index contributed by atoms with van der Waals surface area (Å²) in [5.74, 6) is 0. The standard InChI is InChI=1S/C11H21N3O3S/c1-5-14(7-8-17-6-2)18(15,16)11-9(3)12-13-10(11)4/h5-8H2,1-4H3,(H,12,13). The summed E-state index contributed by atoms with van der Waals surface area (Å²) in [5, 5.41) is 6.64. The first-order valence-corrected chi connectivity index (χ1v) is 7.48. The monoisotopic (exact) mass is 275 g/mol. The van der Waals surface area contributed by atoms with Crippen molar-refractivity contribution < 1.29 is 13.2 Å². The molecular formula is C11H21N3O3S. The largest absolute Gasteiger partial charge is 0.380 e. The average Bonchev–Trinajstić information content (AvgIpc) is 2.64. The number of aromatic amines is 1.